The van der Waals surface area contributed by atoms with E-state index in [0.29, 0.717) is 81.9 Å². The maximum absolute atomic E-state index is 15.2. The van der Waals surface area contributed by atoms with Crippen molar-refractivity contribution in [1.82, 2.24) is 19.8 Å². The van der Waals surface area contributed by atoms with Gasteiger partial charge in [-0.3, -0.25) is 14.0 Å². The van der Waals surface area contributed by atoms with Crippen LogP contribution in [-0.2, 0) is 16.4 Å². The van der Waals surface area contributed by atoms with Gasteiger partial charge >= 0.3 is 0 Å². The second-order valence-corrected chi connectivity index (χ2v) is 15.3. The van der Waals surface area contributed by atoms with Crippen molar-refractivity contribution < 1.29 is 26.4 Å². The highest BCUT2D eigenvalue weighted by atomic mass is 32.2. The van der Waals surface area contributed by atoms with Crippen LogP contribution in [0.4, 0.5) is 14.5 Å². The largest absolute Gasteiger partial charge is 0.455 e. The molecule has 12 heteroatoms. The molecule has 0 aliphatic carbocycles. The number of aryl methyl sites for hydroxylation is 1. The molecule has 1 saturated heterocycles. The molecule has 0 radical (unpaired) electrons. The van der Waals surface area contributed by atoms with Crippen LogP contribution in [-0.4, -0.2) is 74.9 Å². The topological polar surface area (TPSA) is 101 Å². The number of nitrogens with zero attached hydrogens (tertiary/aromatic N) is 4. The summed E-state index contributed by atoms with van der Waals surface area (Å²) in [6, 6.07) is 21.5. The van der Waals surface area contributed by atoms with Gasteiger partial charge in [0.15, 0.2) is 0 Å². The van der Waals surface area contributed by atoms with Crippen LogP contribution in [0.5, 0.6) is 0 Å². The van der Waals surface area contributed by atoms with E-state index in [1.165, 1.54) is 17.4 Å². The number of hydrogen-bond acceptors (Lipinski definition) is 6. The Balaban J connectivity index is 1.34. The number of alkyl halides is 1. The second-order valence-electron chi connectivity index (χ2n) is 13.3. The Bertz CT molecular complexity index is 2450. The number of hydrogen-bond donors (Lipinski definition) is 1. The number of halogens is 2. The lowest BCUT2D eigenvalue weighted by atomic mass is 9.95. The van der Waals surface area contributed by atoms with Crippen LogP contribution >= 0.6 is 0 Å². The van der Waals surface area contributed by atoms with Crippen molar-refractivity contribution in [3.05, 3.63) is 95.3 Å². The molecule has 1 unspecified atom stereocenters. The highest BCUT2D eigenvalue weighted by Crippen LogP contribution is 2.44. The first-order chi connectivity index (χ1) is 23.9. The molecular weight excluding hydrogens is 661 g/mol. The highest BCUT2D eigenvalue weighted by Gasteiger charge is 2.34. The molecule has 1 N–H and O–H groups in total. The van der Waals surface area contributed by atoms with Crippen molar-refractivity contribution >= 4 is 43.5 Å². The van der Waals surface area contributed by atoms with Gasteiger partial charge in [-0.1, -0.05) is 42.0 Å². The number of nitrogens with one attached hydrogen (secondary N) is 1. The molecule has 2 aliphatic heterocycles. The van der Waals surface area contributed by atoms with E-state index in [1.807, 2.05) is 49.4 Å². The van der Waals surface area contributed by atoms with E-state index in [2.05, 4.69) is 14.8 Å². The Morgan fingerprint density at radius 2 is 1.82 bits per heavy atom. The number of likely N-dealkylation sites (tertiary alicyclic amines) is 1. The lowest BCUT2D eigenvalue weighted by Gasteiger charge is -2.39. The minimum absolute atomic E-state index is 0.0681. The Hall–Kier alpha value is -5.07. The molecule has 1 amide bonds. The number of pyridine rings is 1. The SMILES string of the molecule is CNC(=O)c1c(-c2ccc(C)cc2)oc2cc(N(C)S(C)(=O)=O)c(-c3ccc4c(n3)-c3cc5c(F)cccc5n3C(CN3CC(F)C3)C4)cc12. The molecule has 0 spiro atoms. The van der Waals surface area contributed by atoms with Gasteiger partial charge in [-0.2, -0.15) is 0 Å². The van der Waals surface area contributed by atoms with Gasteiger partial charge in [0.2, 0.25) is 10.0 Å². The molecule has 0 bridgehead atoms. The molecule has 8 rings (SSSR count). The number of rotatable bonds is 7. The van der Waals surface area contributed by atoms with Crippen molar-refractivity contribution in [2.45, 2.75) is 25.6 Å². The van der Waals surface area contributed by atoms with Crippen molar-refractivity contribution in [1.29, 1.82) is 0 Å². The second kappa shape index (κ2) is 11.8. The third kappa shape index (κ3) is 5.25. The first kappa shape index (κ1) is 32.2. The summed E-state index contributed by atoms with van der Waals surface area (Å²) in [5.74, 6) is -0.337. The van der Waals surface area contributed by atoms with Crippen LogP contribution in [0.2, 0.25) is 0 Å². The molecule has 3 aromatic carbocycles. The summed E-state index contributed by atoms with van der Waals surface area (Å²) in [7, 11) is -0.727. The number of fused-ring (bicyclic) bond motifs is 6. The summed E-state index contributed by atoms with van der Waals surface area (Å²) in [4.78, 5) is 20.6. The number of carbonyl (C=O) groups excluding carboxylic acids is 1. The molecule has 5 heterocycles. The van der Waals surface area contributed by atoms with E-state index in [1.54, 1.807) is 31.3 Å². The van der Waals surface area contributed by atoms with E-state index in [4.69, 9.17) is 9.40 Å². The zero-order valence-corrected chi connectivity index (χ0v) is 28.8. The molecule has 1 fully saturated rings. The van der Waals surface area contributed by atoms with Gasteiger partial charge in [-0.05, 0) is 49.2 Å². The fraction of sp³-hybridized carbons (Fsp3) is 0.263. The molecule has 0 saturated carbocycles. The Labute approximate surface area is 288 Å². The smallest absolute Gasteiger partial charge is 0.255 e. The minimum atomic E-state index is -3.74. The molecule has 1 atom stereocenters. The molecule has 9 nitrogen and oxygen atoms in total. The number of amides is 1. The van der Waals surface area contributed by atoms with Crippen molar-refractivity contribution in [3.63, 3.8) is 0 Å². The minimum Gasteiger partial charge on any atom is -0.455 e. The van der Waals surface area contributed by atoms with E-state index < -0.39 is 16.2 Å². The van der Waals surface area contributed by atoms with E-state index in [-0.39, 0.29) is 17.8 Å². The monoisotopic (exact) mass is 695 g/mol. The van der Waals surface area contributed by atoms with Gasteiger partial charge in [0.05, 0.1) is 46.1 Å². The predicted molar refractivity (Wildman–Crippen MR) is 191 cm³/mol. The number of furan rings is 1. The van der Waals surface area contributed by atoms with Gasteiger partial charge in [0.25, 0.3) is 5.91 Å². The Kier molecular flexibility index (Phi) is 7.57. The third-order valence-electron chi connectivity index (χ3n) is 9.94. The lowest BCUT2D eigenvalue weighted by Crippen LogP contribution is -2.50. The van der Waals surface area contributed by atoms with Crippen LogP contribution in [0.1, 0.15) is 27.5 Å². The number of sulfonamides is 1. The third-order valence-corrected chi connectivity index (χ3v) is 11.1. The van der Waals surface area contributed by atoms with Crippen molar-refractivity contribution in [3.8, 4) is 34.0 Å². The predicted octanol–water partition coefficient (Wildman–Crippen LogP) is 6.74. The summed E-state index contributed by atoms with van der Waals surface area (Å²) < 4.78 is 64.5. The van der Waals surface area contributed by atoms with Crippen LogP contribution in [0.25, 0.3) is 55.8 Å². The number of carbonyl (C=O) groups is 1. The molecule has 2 aliphatic rings. The number of benzene rings is 3. The summed E-state index contributed by atoms with van der Waals surface area (Å²) in [5, 5.41) is 3.69. The van der Waals surface area contributed by atoms with E-state index in [0.717, 1.165) is 28.6 Å². The van der Waals surface area contributed by atoms with Crippen LogP contribution in [0, 0.1) is 12.7 Å². The average Bonchev–Trinajstić information content (AvgIpc) is 3.66. The van der Waals surface area contributed by atoms with E-state index >= 15 is 4.39 Å². The Morgan fingerprint density at radius 1 is 1.06 bits per heavy atom. The van der Waals surface area contributed by atoms with Gasteiger partial charge in [0.1, 0.15) is 23.3 Å². The molecule has 256 valence electrons. The van der Waals surface area contributed by atoms with Crippen LogP contribution in [0.15, 0.2) is 77.2 Å². The first-order valence-electron chi connectivity index (χ1n) is 16.4. The maximum Gasteiger partial charge on any atom is 0.255 e. The molecular formula is C38H35F2N5O4S. The Morgan fingerprint density at radius 3 is 2.52 bits per heavy atom. The van der Waals surface area contributed by atoms with E-state index in [9.17, 15) is 17.6 Å². The first-order valence-corrected chi connectivity index (χ1v) is 18.3. The standard InChI is InChI=1S/C38H35F2N5O4S/c1-21-8-10-22(11-9-21)37-35(38(46)41-2)28-15-27(32(17-34(28)49-37)43(3)50(4,47)48)30-13-12-23-14-25(20-44-18-24(39)19-44)45-31-7-5-6-29(40)26(31)16-33(45)36(23)42-30/h5-13,15-17,24-25H,14,18-20H2,1-4H3,(H,41,46). The molecule has 6 aromatic rings. The van der Waals surface area contributed by atoms with Gasteiger partial charge in [-0.25, -0.2) is 22.2 Å². The number of aromatic nitrogens is 2. The molecule has 50 heavy (non-hydrogen) atoms. The quantitative estimate of drug-likeness (QED) is 0.199. The highest BCUT2D eigenvalue weighted by molar-refractivity contribution is 7.92. The summed E-state index contributed by atoms with van der Waals surface area (Å²) in [6.07, 6.45) is 0.881. The van der Waals surface area contributed by atoms with Crippen molar-refractivity contribution in [2.24, 2.45) is 0 Å². The fourth-order valence-electron chi connectivity index (χ4n) is 7.30. The van der Waals surface area contributed by atoms with Crippen LogP contribution in [0.3, 0.4) is 0 Å². The number of anilines is 1. The van der Waals surface area contributed by atoms with Gasteiger partial charge in [0, 0.05) is 61.7 Å². The molecule has 3 aromatic heterocycles. The summed E-state index contributed by atoms with van der Waals surface area (Å²) in [5.41, 5.74) is 6.72. The fourth-order valence-corrected chi connectivity index (χ4v) is 7.80. The van der Waals surface area contributed by atoms with Crippen LogP contribution < -0.4 is 9.62 Å². The maximum atomic E-state index is 15.2. The average molecular weight is 696 g/mol. The zero-order chi connectivity index (χ0) is 35.1. The van der Waals surface area contributed by atoms with Gasteiger partial charge < -0.3 is 14.3 Å². The lowest BCUT2D eigenvalue weighted by molar-refractivity contribution is 0.0534. The zero-order valence-electron chi connectivity index (χ0n) is 28.0. The normalized spacial score (nSPS) is 16.3. The van der Waals surface area contributed by atoms with Crippen molar-refractivity contribution in [2.75, 3.05) is 44.3 Å². The summed E-state index contributed by atoms with van der Waals surface area (Å²) >= 11 is 0. The van der Waals surface area contributed by atoms with Gasteiger partial charge in [-0.15, -0.1) is 0 Å². The summed E-state index contributed by atoms with van der Waals surface area (Å²) in [6.45, 7) is 3.33.